The Morgan fingerprint density at radius 1 is 1.50 bits per heavy atom. The van der Waals surface area contributed by atoms with Crippen LogP contribution in [0.3, 0.4) is 0 Å². The summed E-state index contributed by atoms with van der Waals surface area (Å²) in [7, 11) is 0. The molecule has 1 aromatic rings. The van der Waals surface area contributed by atoms with E-state index in [9.17, 15) is 0 Å². The minimum absolute atomic E-state index is 0.515. The maximum Gasteiger partial charge on any atom is 0.122 e. The largest absolute Gasteiger partial charge is 0.493 e. The van der Waals surface area contributed by atoms with Gasteiger partial charge in [0, 0.05) is 6.04 Å². The Bertz CT molecular complexity index is 400. The minimum atomic E-state index is 0.515. The summed E-state index contributed by atoms with van der Waals surface area (Å²) in [6.45, 7) is 7.70. The van der Waals surface area contributed by atoms with Gasteiger partial charge in [-0.3, -0.25) is 0 Å². The summed E-state index contributed by atoms with van der Waals surface area (Å²) in [4.78, 5) is 0. The van der Waals surface area contributed by atoms with Crippen molar-refractivity contribution in [2.24, 2.45) is 0 Å². The lowest BCUT2D eigenvalue weighted by atomic mass is 10.1. The summed E-state index contributed by atoms with van der Waals surface area (Å²) in [5, 5.41) is 3.54. The van der Waals surface area contributed by atoms with Gasteiger partial charge in [-0.05, 0) is 49.4 Å². The molecule has 0 fully saturated rings. The maximum atomic E-state index is 5.90. The number of allylic oxidation sites excluding steroid dienone is 1. The molecule has 18 heavy (non-hydrogen) atoms. The van der Waals surface area contributed by atoms with Gasteiger partial charge in [0.25, 0.3) is 0 Å². The lowest BCUT2D eigenvalue weighted by molar-refractivity contribution is 0.309. The average molecular weight is 245 g/mol. The van der Waals surface area contributed by atoms with Crippen LogP contribution in [0.25, 0.3) is 0 Å². The van der Waals surface area contributed by atoms with Crippen LogP contribution in [0.15, 0.2) is 30.9 Å². The lowest BCUT2D eigenvalue weighted by Gasteiger charge is -2.14. The molecule has 2 heteroatoms. The first kappa shape index (κ1) is 13.2. The summed E-state index contributed by atoms with van der Waals surface area (Å²) in [5.41, 5.74) is 2.83. The molecule has 0 spiro atoms. The van der Waals surface area contributed by atoms with Crippen molar-refractivity contribution in [3.8, 4) is 5.75 Å². The van der Waals surface area contributed by atoms with Gasteiger partial charge in [-0.2, -0.15) is 0 Å². The molecule has 2 rings (SSSR count). The molecule has 98 valence electrons. The van der Waals surface area contributed by atoms with Gasteiger partial charge in [0.15, 0.2) is 0 Å². The van der Waals surface area contributed by atoms with Crippen LogP contribution in [-0.2, 0) is 6.42 Å². The number of benzene rings is 1. The third-order valence-electron chi connectivity index (χ3n) is 3.49. The zero-order valence-electron chi connectivity index (χ0n) is 11.2. The second-order valence-corrected chi connectivity index (χ2v) is 4.75. The molecule has 0 radical (unpaired) electrons. The molecule has 0 heterocycles. The molecule has 0 saturated heterocycles. The topological polar surface area (TPSA) is 21.3 Å². The molecule has 0 amide bonds. The SMILES string of the molecule is C=CCCCOc1cccc2c1CCC2NCC. The van der Waals surface area contributed by atoms with Crippen molar-refractivity contribution in [2.45, 2.75) is 38.6 Å². The molecule has 1 aromatic carbocycles. The number of nitrogens with one attached hydrogen (secondary N) is 1. The Balaban J connectivity index is 2.02. The summed E-state index contributed by atoms with van der Waals surface area (Å²) >= 11 is 0. The molecule has 0 saturated carbocycles. The Morgan fingerprint density at radius 2 is 2.39 bits per heavy atom. The number of hydrogen-bond acceptors (Lipinski definition) is 2. The molecule has 1 unspecified atom stereocenters. The number of ether oxygens (including phenoxy) is 1. The fraction of sp³-hybridized carbons (Fsp3) is 0.500. The van der Waals surface area contributed by atoms with E-state index >= 15 is 0 Å². The third kappa shape index (κ3) is 2.94. The molecular formula is C16H23NO. The van der Waals surface area contributed by atoms with Crippen molar-refractivity contribution in [1.82, 2.24) is 5.32 Å². The predicted octanol–water partition coefficient (Wildman–Crippen LogP) is 3.63. The van der Waals surface area contributed by atoms with Crippen LogP contribution in [0, 0.1) is 0 Å². The van der Waals surface area contributed by atoms with Crippen molar-refractivity contribution >= 4 is 0 Å². The normalized spacial score (nSPS) is 17.5. The standard InChI is InChI=1S/C16H23NO/c1-3-5-6-12-18-16-9-7-8-13-14(16)10-11-15(13)17-4-2/h3,7-9,15,17H,1,4-6,10-12H2,2H3. The summed E-state index contributed by atoms with van der Waals surface area (Å²) < 4.78 is 5.90. The van der Waals surface area contributed by atoms with Crippen molar-refractivity contribution in [3.63, 3.8) is 0 Å². The number of fused-ring (bicyclic) bond motifs is 1. The van der Waals surface area contributed by atoms with Crippen LogP contribution in [0.4, 0.5) is 0 Å². The molecule has 0 bridgehead atoms. The van der Waals surface area contributed by atoms with E-state index in [1.807, 2.05) is 6.08 Å². The quantitative estimate of drug-likeness (QED) is 0.585. The Hall–Kier alpha value is -1.28. The zero-order chi connectivity index (χ0) is 12.8. The lowest BCUT2D eigenvalue weighted by Crippen LogP contribution is -2.18. The first-order valence-corrected chi connectivity index (χ1v) is 6.95. The van der Waals surface area contributed by atoms with E-state index in [4.69, 9.17) is 4.74 Å². The van der Waals surface area contributed by atoms with E-state index in [1.54, 1.807) is 0 Å². The van der Waals surface area contributed by atoms with Crippen LogP contribution in [0.2, 0.25) is 0 Å². The summed E-state index contributed by atoms with van der Waals surface area (Å²) in [5.74, 6) is 1.08. The highest BCUT2D eigenvalue weighted by molar-refractivity contribution is 5.45. The fourth-order valence-electron chi connectivity index (χ4n) is 2.62. The van der Waals surface area contributed by atoms with Crippen molar-refractivity contribution in [1.29, 1.82) is 0 Å². The van der Waals surface area contributed by atoms with Crippen LogP contribution in [-0.4, -0.2) is 13.2 Å². The van der Waals surface area contributed by atoms with Crippen molar-refractivity contribution in [3.05, 3.63) is 42.0 Å². The molecule has 1 N–H and O–H groups in total. The van der Waals surface area contributed by atoms with E-state index in [1.165, 1.54) is 17.5 Å². The van der Waals surface area contributed by atoms with Crippen LogP contribution in [0.5, 0.6) is 5.75 Å². The minimum Gasteiger partial charge on any atom is -0.493 e. The van der Waals surface area contributed by atoms with Crippen molar-refractivity contribution in [2.75, 3.05) is 13.2 Å². The van der Waals surface area contributed by atoms with Gasteiger partial charge in [0.05, 0.1) is 6.61 Å². The van der Waals surface area contributed by atoms with Gasteiger partial charge < -0.3 is 10.1 Å². The van der Waals surface area contributed by atoms with Gasteiger partial charge >= 0.3 is 0 Å². The third-order valence-corrected chi connectivity index (χ3v) is 3.49. The van der Waals surface area contributed by atoms with Gasteiger partial charge in [0.2, 0.25) is 0 Å². The fourth-order valence-corrected chi connectivity index (χ4v) is 2.62. The van der Waals surface area contributed by atoms with Gasteiger partial charge in [-0.15, -0.1) is 6.58 Å². The second-order valence-electron chi connectivity index (χ2n) is 4.75. The second kappa shape index (κ2) is 6.60. The van der Waals surface area contributed by atoms with E-state index < -0.39 is 0 Å². The highest BCUT2D eigenvalue weighted by Gasteiger charge is 2.24. The Labute approximate surface area is 110 Å². The van der Waals surface area contributed by atoms with Crippen LogP contribution >= 0.6 is 0 Å². The zero-order valence-corrected chi connectivity index (χ0v) is 11.2. The molecule has 1 aliphatic rings. The highest BCUT2D eigenvalue weighted by Crippen LogP contribution is 2.36. The monoisotopic (exact) mass is 245 g/mol. The van der Waals surface area contributed by atoms with E-state index in [0.29, 0.717) is 6.04 Å². The first-order valence-electron chi connectivity index (χ1n) is 6.95. The van der Waals surface area contributed by atoms with E-state index in [-0.39, 0.29) is 0 Å². The molecule has 0 aromatic heterocycles. The smallest absolute Gasteiger partial charge is 0.122 e. The molecule has 1 atom stereocenters. The Kier molecular flexibility index (Phi) is 4.82. The molecular weight excluding hydrogens is 222 g/mol. The predicted molar refractivity (Wildman–Crippen MR) is 76.1 cm³/mol. The van der Waals surface area contributed by atoms with E-state index in [2.05, 4.69) is 37.0 Å². The highest BCUT2D eigenvalue weighted by atomic mass is 16.5. The number of unbranched alkanes of at least 4 members (excludes halogenated alkanes) is 1. The number of hydrogen-bond donors (Lipinski definition) is 1. The maximum absolute atomic E-state index is 5.90. The van der Waals surface area contributed by atoms with Crippen molar-refractivity contribution < 1.29 is 4.74 Å². The number of rotatable bonds is 7. The molecule has 0 aliphatic heterocycles. The summed E-state index contributed by atoms with van der Waals surface area (Å²) in [6.07, 6.45) is 6.33. The van der Waals surface area contributed by atoms with Crippen LogP contribution in [0.1, 0.15) is 43.4 Å². The van der Waals surface area contributed by atoms with E-state index in [0.717, 1.165) is 38.2 Å². The van der Waals surface area contributed by atoms with Crippen LogP contribution < -0.4 is 10.1 Å². The molecule has 2 nitrogen and oxygen atoms in total. The Morgan fingerprint density at radius 3 is 3.17 bits per heavy atom. The average Bonchev–Trinajstić information content (AvgIpc) is 2.79. The van der Waals surface area contributed by atoms with Gasteiger partial charge in [0.1, 0.15) is 5.75 Å². The summed E-state index contributed by atoms with van der Waals surface area (Å²) in [6, 6.07) is 6.95. The van der Waals surface area contributed by atoms with Gasteiger partial charge in [-0.25, -0.2) is 0 Å². The van der Waals surface area contributed by atoms with Gasteiger partial charge in [-0.1, -0.05) is 25.1 Å². The molecule has 1 aliphatic carbocycles. The first-order chi connectivity index (χ1) is 8.86.